The third-order valence-corrected chi connectivity index (χ3v) is 5.19. The molecule has 0 aliphatic carbocycles. The third kappa shape index (κ3) is 7.12. The van der Waals surface area contributed by atoms with Crippen LogP contribution in [0.4, 0.5) is 0 Å². The van der Waals surface area contributed by atoms with Gasteiger partial charge < -0.3 is 4.55 Å². The maximum atomic E-state index is 12.2. The number of rotatable bonds is 11. The first-order chi connectivity index (χ1) is 11.9. The molecule has 1 aromatic carbocycles. The zero-order chi connectivity index (χ0) is 18.3. The Kier molecular flexibility index (Phi) is 10.0. The standard InChI is InChI=1S/C18H25NO5S.Na/c20-17-15-11-7-8-12-16(15)18(21)19(17)13-9-5-3-1-2-4-6-10-14-25(22,23)24;/h7-8,11-12H,1-6,9-10,13-14H2,(H,22,23,24);/q;+1/p-1. The molecule has 0 radical (unpaired) electrons. The predicted molar refractivity (Wildman–Crippen MR) is 93.3 cm³/mol. The maximum absolute atomic E-state index is 12.2. The summed E-state index contributed by atoms with van der Waals surface area (Å²) in [6.45, 7) is 0.452. The molecule has 0 spiro atoms. The van der Waals surface area contributed by atoms with Gasteiger partial charge in [0.25, 0.3) is 11.8 Å². The Hall–Kier alpha value is -0.730. The molecule has 1 aliphatic heterocycles. The van der Waals surface area contributed by atoms with E-state index in [1.807, 2.05) is 0 Å². The largest absolute Gasteiger partial charge is 1.00 e. The van der Waals surface area contributed by atoms with Crippen molar-refractivity contribution >= 4 is 21.9 Å². The summed E-state index contributed by atoms with van der Waals surface area (Å²) in [4.78, 5) is 25.7. The van der Waals surface area contributed by atoms with Crippen molar-refractivity contribution in [1.82, 2.24) is 4.90 Å². The van der Waals surface area contributed by atoms with E-state index in [9.17, 15) is 22.6 Å². The van der Waals surface area contributed by atoms with Crippen LogP contribution in [0.5, 0.6) is 0 Å². The summed E-state index contributed by atoms with van der Waals surface area (Å²) < 4.78 is 31.4. The van der Waals surface area contributed by atoms with Gasteiger partial charge in [-0.25, -0.2) is 8.42 Å². The van der Waals surface area contributed by atoms with E-state index >= 15 is 0 Å². The summed E-state index contributed by atoms with van der Waals surface area (Å²) in [5.41, 5.74) is 0.986. The summed E-state index contributed by atoms with van der Waals surface area (Å²) in [6, 6.07) is 6.90. The van der Waals surface area contributed by atoms with E-state index in [1.54, 1.807) is 24.3 Å². The summed E-state index contributed by atoms with van der Waals surface area (Å²) in [6.07, 6.45) is 6.92. The Balaban J connectivity index is 0.00000338. The van der Waals surface area contributed by atoms with Crippen LogP contribution in [-0.4, -0.2) is 42.0 Å². The maximum Gasteiger partial charge on any atom is 1.00 e. The zero-order valence-electron chi connectivity index (χ0n) is 15.3. The average molecular weight is 389 g/mol. The molecule has 1 aliphatic rings. The minimum absolute atomic E-state index is 0. The minimum atomic E-state index is -4.08. The number of hydrogen-bond donors (Lipinski definition) is 0. The van der Waals surface area contributed by atoms with Crippen LogP contribution in [0.1, 0.15) is 72.1 Å². The van der Waals surface area contributed by atoms with E-state index in [0.717, 1.165) is 44.9 Å². The van der Waals surface area contributed by atoms with Gasteiger partial charge in [-0.15, -0.1) is 0 Å². The fourth-order valence-corrected chi connectivity index (χ4v) is 3.61. The van der Waals surface area contributed by atoms with Crippen molar-refractivity contribution in [3.05, 3.63) is 35.4 Å². The Bertz CT molecular complexity index is 685. The normalized spacial score (nSPS) is 13.7. The Labute approximate surface area is 177 Å². The molecule has 0 bridgehead atoms. The number of fused-ring (bicyclic) bond motifs is 1. The fourth-order valence-electron chi connectivity index (χ4n) is 3.05. The molecule has 0 atom stereocenters. The van der Waals surface area contributed by atoms with Crippen LogP contribution in [0.25, 0.3) is 0 Å². The monoisotopic (exact) mass is 389 g/mol. The van der Waals surface area contributed by atoms with Gasteiger partial charge in [0.15, 0.2) is 0 Å². The summed E-state index contributed by atoms with van der Waals surface area (Å²) in [5, 5.41) is 0. The van der Waals surface area contributed by atoms with E-state index in [0.29, 0.717) is 24.1 Å². The summed E-state index contributed by atoms with van der Waals surface area (Å²) in [7, 11) is -4.08. The number of unbranched alkanes of at least 4 members (excludes halogenated alkanes) is 7. The number of carbonyl (C=O) groups is 2. The number of imide groups is 1. The van der Waals surface area contributed by atoms with Crippen molar-refractivity contribution < 1.29 is 52.1 Å². The third-order valence-electron chi connectivity index (χ3n) is 4.40. The van der Waals surface area contributed by atoms with Crippen molar-refractivity contribution in [3.63, 3.8) is 0 Å². The number of amides is 2. The van der Waals surface area contributed by atoms with Crippen LogP contribution in [0.2, 0.25) is 0 Å². The molecule has 8 heteroatoms. The van der Waals surface area contributed by atoms with Crippen LogP contribution in [0.15, 0.2) is 24.3 Å². The van der Waals surface area contributed by atoms with Crippen LogP contribution >= 0.6 is 0 Å². The van der Waals surface area contributed by atoms with Crippen molar-refractivity contribution in [2.24, 2.45) is 0 Å². The predicted octanol–water partition coefficient (Wildman–Crippen LogP) is -0.0474. The molecule has 6 nitrogen and oxygen atoms in total. The topological polar surface area (TPSA) is 94.6 Å². The molecule has 138 valence electrons. The second kappa shape index (κ2) is 11.2. The molecule has 2 rings (SSSR count). The Morgan fingerprint density at radius 1 is 0.769 bits per heavy atom. The Morgan fingerprint density at radius 2 is 1.19 bits per heavy atom. The average Bonchev–Trinajstić information content (AvgIpc) is 2.80. The first-order valence-electron chi connectivity index (χ1n) is 8.79. The minimum Gasteiger partial charge on any atom is -0.748 e. The molecule has 26 heavy (non-hydrogen) atoms. The van der Waals surface area contributed by atoms with Gasteiger partial charge in [0.05, 0.1) is 21.2 Å². The fraction of sp³-hybridized carbons (Fsp3) is 0.556. The van der Waals surface area contributed by atoms with Gasteiger partial charge in [-0.2, -0.15) is 0 Å². The van der Waals surface area contributed by atoms with Crippen molar-refractivity contribution in [3.8, 4) is 0 Å². The van der Waals surface area contributed by atoms with Gasteiger partial charge in [0.1, 0.15) is 0 Å². The van der Waals surface area contributed by atoms with Crippen molar-refractivity contribution in [1.29, 1.82) is 0 Å². The smallest absolute Gasteiger partial charge is 0.748 e. The van der Waals surface area contributed by atoms with Crippen molar-refractivity contribution in [2.45, 2.75) is 51.4 Å². The first-order valence-corrected chi connectivity index (χ1v) is 10.4. The van der Waals surface area contributed by atoms with E-state index in [1.165, 1.54) is 4.90 Å². The molecule has 0 saturated carbocycles. The molecule has 0 fully saturated rings. The van der Waals surface area contributed by atoms with Crippen LogP contribution in [0.3, 0.4) is 0 Å². The molecule has 0 saturated heterocycles. The number of hydrogen-bond acceptors (Lipinski definition) is 5. The second-order valence-electron chi connectivity index (χ2n) is 6.40. The first kappa shape index (κ1) is 23.3. The molecule has 1 heterocycles. The van der Waals surface area contributed by atoms with Crippen LogP contribution < -0.4 is 29.6 Å². The molecule has 1 aromatic rings. The molecule has 2 amide bonds. The molecule has 0 aromatic heterocycles. The SMILES string of the molecule is O=C1c2ccccc2C(=O)N1CCCCCCCCCCS(=O)(=O)[O-].[Na+]. The van der Waals surface area contributed by atoms with Gasteiger partial charge >= 0.3 is 29.6 Å². The molecular weight excluding hydrogens is 365 g/mol. The van der Waals surface area contributed by atoms with E-state index < -0.39 is 10.1 Å². The summed E-state index contributed by atoms with van der Waals surface area (Å²) in [5.74, 6) is -0.671. The number of nitrogens with zero attached hydrogens (tertiary/aromatic N) is 1. The van der Waals surface area contributed by atoms with Gasteiger partial charge in [-0.3, -0.25) is 14.5 Å². The van der Waals surface area contributed by atoms with Crippen molar-refractivity contribution in [2.75, 3.05) is 12.3 Å². The Morgan fingerprint density at radius 3 is 1.65 bits per heavy atom. The van der Waals surface area contributed by atoms with Gasteiger partial charge in [0, 0.05) is 12.3 Å². The molecule has 0 unspecified atom stereocenters. The van der Waals surface area contributed by atoms with Gasteiger partial charge in [-0.05, 0) is 25.0 Å². The molecular formula is C18H24NNaO5S. The van der Waals surface area contributed by atoms with Crippen LogP contribution in [-0.2, 0) is 10.1 Å². The second-order valence-corrected chi connectivity index (χ2v) is 7.92. The van der Waals surface area contributed by atoms with E-state index in [4.69, 9.17) is 0 Å². The molecule has 0 N–H and O–H groups in total. The van der Waals surface area contributed by atoms with Gasteiger partial charge in [0.2, 0.25) is 0 Å². The van der Waals surface area contributed by atoms with E-state index in [2.05, 4.69) is 0 Å². The van der Waals surface area contributed by atoms with E-state index in [-0.39, 0.29) is 47.1 Å². The van der Waals surface area contributed by atoms with Gasteiger partial charge in [-0.1, -0.05) is 50.7 Å². The number of carbonyl (C=O) groups excluding carboxylic acids is 2. The van der Waals surface area contributed by atoms with Crippen LogP contribution in [0, 0.1) is 0 Å². The quantitative estimate of drug-likeness (QED) is 0.229. The summed E-state index contributed by atoms with van der Waals surface area (Å²) >= 11 is 0. The zero-order valence-corrected chi connectivity index (χ0v) is 18.1. The number of benzene rings is 1.